The number of anilines is 1. The topological polar surface area (TPSA) is 101 Å². The highest BCUT2D eigenvalue weighted by Crippen LogP contribution is 2.44. The quantitative estimate of drug-likeness (QED) is 0.776. The van der Waals surface area contributed by atoms with E-state index in [2.05, 4.69) is 35.8 Å². The molecular formula is C22H32N4O4. The van der Waals surface area contributed by atoms with Crippen LogP contribution in [0.5, 0.6) is 0 Å². The minimum atomic E-state index is -0.986. The van der Waals surface area contributed by atoms with E-state index >= 15 is 0 Å². The van der Waals surface area contributed by atoms with Crippen LogP contribution in [0, 0.1) is 12.3 Å². The number of aromatic carboxylic acids is 1. The molecule has 4 rings (SSSR count). The Balaban J connectivity index is 1.65. The van der Waals surface area contributed by atoms with Gasteiger partial charge in [0.15, 0.2) is 5.65 Å². The van der Waals surface area contributed by atoms with Gasteiger partial charge in [0.25, 0.3) is 0 Å². The molecule has 2 aliphatic rings. The minimum Gasteiger partial charge on any atom is -0.478 e. The summed E-state index contributed by atoms with van der Waals surface area (Å²) in [5.41, 5.74) is 1.96. The van der Waals surface area contributed by atoms with Gasteiger partial charge in [0.2, 0.25) is 0 Å². The van der Waals surface area contributed by atoms with Gasteiger partial charge in [-0.2, -0.15) is 5.10 Å². The second-order valence-corrected chi connectivity index (χ2v) is 9.97. The number of aromatic nitrogens is 3. The molecule has 2 aromatic rings. The van der Waals surface area contributed by atoms with Crippen molar-refractivity contribution in [3.63, 3.8) is 0 Å². The van der Waals surface area contributed by atoms with Gasteiger partial charge in [0.1, 0.15) is 5.56 Å². The molecule has 4 heterocycles. The number of carbonyl (C=O) groups is 1. The normalized spacial score (nSPS) is 24.5. The van der Waals surface area contributed by atoms with Gasteiger partial charge in [-0.25, -0.2) is 9.78 Å². The van der Waals surface area contributed by atoms with Crippen molar-refractivity contribution in [1.29, 1.82) is 0 Å². The molecule has 1 spiro atoms. The highest BCUT2D eigenvalue weighted by molar-refractivity contribution is 6.04. The number of hydrogen-bond donors (Lipinski definition) is 2. The summed E-state index contributed by atoms with van der Waals surface area (Å²) in [4.78, 5) is 18.4. The first kappa shape index (κ1) is 21.1. The molecule has 2 N–H and O–H groups in total. The maximum atomic E-state index is 12.0. The van der Waals surface area contributed by atoms with E-state index in [-0.39, 0.29) is 28.8 Å². The number of piperidine rings is 1. The molecule has 2 aromatic heterocycles. The fourth-order valence-corrected chi connectivity index (χ4v) is 5.03. The van der Waals surface area contributed by atoms with E-state index in [0.717, 1.165) is 23.9 Å². The number of carboxylic acid groups (broad SMARTS) is 1. The van der Waals surface area contributed by atoms with Crippen LogP contribution in [0.2, 0.25) is 0 Å². The summed E-state index contributed by atoms with van der Waals surface area (Å²) in [6.07, 6.45) is 3.88. The number of nitrogens with zero attached hydrogens (tertiary/aromatic N) is 4. The van der Waals surface area contributed by atoms with E-state index in [1.165, 1.54) is 6.20 Å². The van der Waals surface area contributed by atoms with Gasteiger partial charge >= 0.3 is 5.97 Å². The van der Waals surface area contributed by atoms with Gasteiger partial charge in [-0.05, 0) is 25.2 Å². The molecule has 0 aliphatic carbocycles. The minimum absolute atomic E-state index is 0.00980. The van der Waals surface area contributed by atoms with Crippen LogP contribution < -0.4 is 4.90 Å². The number of hydrogen-bond acceptors (Lipinski definition) is 6. The Morgan fingerprint density at radius 1 is 1.30 bits per heavy atom. The first-order valence-electron chi connectivity index (χ1n) is 10.7. The molecule has 8 heteroatoms. The zero-order valence-corrected chi connectivity index (χ0v) is 18.5. The van der Waals surface area contributed by atoms with Gasteiger partial charge in [-0.1, -0.05) is 20.8 Å². The third-order valence-corrected chi connectivity index (χ3v) is 6.67. The summed E-state index contributed by atoms with van der Waals surface area (Å²) in [5, 5.41) is 25.6. The summed E-state index contributed by atoms with van der Waals surface area (Å²) in [6.45, 7) is 9.66. The number of carboxylic acids is 1. The molecule has 164 valence electrons. The Hall–Kier alpha value is -2.19. The number of pyridine rings is 1. The van der Waals surface area contributed by atoms with Gasteiger partial charge in [0.05, 0.1) is 34.6 Å². The van der Waals surface area contributed by atoms with Crippen LogP contribution >= 0.6 is 0 Å². The first-order valence-corrected chi connectivity index (χ1v) is 10.7. The van der Waals surface area contributed by atoms with E-state index < -0.39 is 5.97 Å². The summed E-state index contributed by atoms with van der Waals surface area (Å²) >= 11 is 0. The SMILES string of the molecule is Cc1nn(C)c2ncc(C(=O)O)c(N3CCC4(CC3)C[C@H](O)C[C@H](C(C)(C)C)O4)c12. The van der Waals surface area contributed by atoms with Gasteiger partial charge in [-0.15, -0.1) is 0 Å². The van der Waals surface area contributed by atoms with E-state index in [4.69, 9.17) is 4.74 Å². The fraction of sp³-hybridized carbons (Fsp3) is 0.682. The molecule has 0 unspecified atom stereocenters. The summed E-state index contributed by atoms with van der Waals surface area (Å²) in [5.74, 6) is -0.986. The van der Waals surface area contributed by atoms with E-state index in [1.807, 2.05) is 14.0 Å². The van der Waals surface area contributed by atoms with Crippen LogP contribution in [0.1, 0.15) is 62.5 Å². The molecule has 0 saturated carbocycles. The molecule has 8 nitrogen and oxygen atoms in total. The number of aliphatic hydroxyl groups excluding tert-OH is 1. The van der Waals surface area contributed by atoms with Crippen LogP contribution in [-0.2, 0) is 11.8 Å². The Bertz CT molecular complexity index is 970. The average molecular weight is 417 g/mol. The lowest BCUT2D eigenvalue weighted by Crippen LogP contribution is -2.55. The molecule has 0 radical (unpaired) electrons. The maximum Gasteiger partial charge on any atom is 0.339 e. The zero-order chi connectivity index (χ0) is 21.8. The molecule has 2 fully saturated rings. The van der Waals surface area contributed by atoms with Gasteiger partial charge in [-0.3, -0.25) is 4.68 Å². The van der Waals surface area contributed by atoms with Crippen molar-refractivity contribution in [2.45, 2.75) is 71.2 Å². The Morgan fingerprint density at radius 2 is 1.97 bits per heavy atom. The van der Waals surface area contributed by atoms with Crippen molar-refractivity contribution < 1.29 is 19.7 Å². The van der Waals surface area contributed by atoms with Crippen LogP contribution in [0.4, 0.5) is 5.69 Å². The van der Waals surface area contributed by atoms with Crippen molar-refractivity contribution in [2.24, 2.45) is 12.5 Å². The summed E-state index contributed by atoms with van der Waals surface area (Å²) in [6, 6.07) is 0. The highest BCUT2D eigenvalue weighted by Gasteiger charge is 2.46. The number of ether oxygens (including phenoxy) is 1. The predicted octanol–water partition coefficient (Wildman–Crippen LogP) is 2.90. The summed E-state index contributed by atoms with van der Waals surface area (Å²) in [7, 11) is 1.82. The highest BCUT2D eigenvalue weighted by atomic mass is 16.5. The lowest BCUT2D eigenvalue weighted by atomic mass is 9.76. The van der Waals surface area contributed by atoms with Gasteiger partial charge < -0.3 is 19.8 Å². The zero-order valence-electron chi connectivity index (χ0n) is 18.5. The Morgan fingerprint density at radius 3 is 2.57 bits per heavy atom. The molecule has 0 aromatic carbocycles. The van der Waals surface area contributed by atoms with Crippen LogP contribution in [0.3, 0.4) is 0 Å². The van der Waals surface area contributed by atoms with E-state index in [0.29, 0.717) is 37.3 Å². The van der Waals surface area contributed by atoms with E-state index in [1.54, 1.807) is 4.68 Å². The second-order valence-electron chi connectivity index (χ2n) is 9.97. The van der Waals surface area contributed by atoms with Crippen molar-refractivity contribution in [1.82, 2.24) is 14.8 Å². The summed E-state index contributed by atoms with van der Waals surface area (Å²) < 4.78 is 8.29. The molecule has 2 atom stereocenters. The molecule has 0 bridgehead atoms. The number of rotatable bonds is 2. The largest absolute Gasteiger partial charge is 0.478 e. The molecule has 0 amide bonds. The number of fused-ring (bicyclic) bond motifs is 1. The first-order chi connectivity index (χ1) is 14.0. The third-order valence-electron chi connectivity index (χ3n) is 6.67. The second kappa shape index (κ2) is 7.20. The number of aryl methyl sites for hydroxylation is 2. The van der Waals surface area contributed by atoms with Crippen LogP contribution in [0.25, 0.3) is 11.0 Å². The molecule has 2 saturated heterocycles. The maximum absolute atomic E-state index is 12.0. The van der Waals surface area contributed by atoms with Crippen LogP contribution in [-0.4, -0.2) is 61.8 Å². The van der Waals surface area contributed by atoms with Gasteiger partial charge in [0, 0.05) is 39.2 Å². The third kappa shape index (κ3) is 3.56. The predicted molar refractivity (Wildman–Crippen MR) is 114 cm³/mol. The number of aliphatic hydroxyl groups is 1. The monoisotopic (exact) mass is 416 g/mol. The lowest BCUT2D eigenvalue weighted by Gasteiger charge is -2.51. The standard InChI is InChI=1S/C22H32N4O4/c1-13-17-18(15(20(28)29)12-23-19(17)25(5)24-13)26-8-6-22(7-9-26)11-14(27)10-16(30-22)21(2,3)4/h12,14,16,27H,6-11H2,1-5H3,(H,28,29)/t14-,16-/m1/s1. The Kier molecular flexibility index (Phi) is 5.05. The fourth-order valence-electron chi connectivity index (χ4n) is 5.03. The van der Waals surface area contributed by atoms with E-state index in [9.17, 15) is 15.0 Å². The molecular weight excluding hydrogens is 384 g/mol. The van der Waals surface area contributed by atoms with Crippen LogP contribution in [0.15, 0.2) is 6.20 Å². The van der Waals surface area contributed by atoms with Crippen molar-refractivity contribution >= 4 is 22.7 Å². The smallest absolute Gasteiger partial charge is 0.339 e. The van der Waals surface area contributed by atoms with Crippen molar-refractivity contribution in [2.75, 3.05) is 18.0 Å². The van der Waals surface area contributed by atoms with Crippen molar-refractivity contribution in [3.05, 3.63) is 17.5 Å². The Labute approximate surface area is 176 Å². The lowest BCUT2D eigenvalue weighted by molar-refractivity contribution is -0.199. The average Bonchev–Trinajstić information content (AvgIpc) is 2.94. The molecule has 30 heavy (non-hydrogen) atoms. The van der Waals surface area contributed by atoms with Crippen molar-refractivity contribution in [3.8, 4) is 0 Å². The molecule has 2 aliphatic heterocycles.